The van der Waals surface area contributed by atoms with Gasteiger partial charge in [0, 0.05) is 19.8 Å². The average molecular weight is 334 g/mol. The van der Waals surface area contributed by atoms with Gasteiger partial charge in [-0.05, 0) is 18.1 Å². The van der Waals surface area contributed by atoms with Gasteiger partial charge in [-0.15, -0.1) is 0 Å². The van der Waals surface area contributed by atoms with E-state index >= 15 is 0 Å². The van der Waals surface area contributed by atoms with Crippen molar-refractivity contribution in [1.29, 1.82) is 5.26 Å². The van der Waals surface area contributed by atoms with E-state index in [2.05, 4.69) is 10.6 Å². The van der Waals surface area contributed by atoms with Crippen LogP contribution in [0.3, 0.4) is 0 Å². The summed E-state index contributed by atoms with van der Waals surface area (Å²) >= 11 is 0. The van der Waals surface area contributed by atoms with E-state index in [1.54, 1.807) is 6.07 Å². The standard InChI is InChI=1S/C16H19FN4O3/c1-10(22)20-14(9-11-5-2-3-6-12(11)17)16(24)21-13(15(19)23)7-4-8-18/h2-3,5-6,13-14H,4,7,9H2,1H3,(H2,19,23)(H,20,22)(H,21,24)/t13-,14+/m1/s1. The molecule has 0 aliphatic carbocycles. The normalized spacial score (nSPS) is 12.5. The summed E-state index contributed by atoms with van der Waals surface area (Å²) in [5, 5.41) is 13.4. The van der Waals surface area contributed by atoms with Gasteiger partial charge in [0.15, 0.2) is 0 Å². The Kier molecular flexibility index (Phi) is 7.36. The van der Waals surface area contributed by atoms with Crippen LogP contribution in [0.1, 0.15) is 25.3 Å². The number of halogens is 1. The largest absolute Gasteiger partial charge is 0.368 e. The van der Waals surface area contributed by atoms with Gasteiger partial charge in [-0.2, -0.15) is 5.26 Å². The Morgan fingerprint density at radius 3 is 2.46 bits per heavy atom. The van der Waals surface area contributed by atoms with Crippen LogP contribution in [0.4, 0.5) is 4.39 Å². The van der Waals surface area contributed by atoms with Crippen molar-refractivity contribution in [3.63, 3.8) is 0 Å². The second kappa shape index (κ2) is 9.25. The summed E-state index contributed by atoms with van der Waals surface area (Å²) in [6.45, 7) is 1.23. The first-order valence-electron chi connectivity index (χ1n) is 7.32. The Morgan fingerprint density at radius 2 is 1.92 bits per heavy atom. The first-order chi connectivity index (χ1) is 11.3. The molecule has 8 heteroatoms. The Labute approximate surface area is 139 Å². The van der Waals surface area contributed by atoms with Crippen molar-refractivity contribution in [3.05, 3.63) is 35.6 Å². The Balaban J connectivity index is 2.88. The molecular weight excluding hydrogens is 315 g/mol. The lowest BCUT2D eigenvalue weighted by molar-refractivity contribution is -0.130. The van der Waals surface area contributed by atoms with Crippen LogP contribution in [-0.2, 0) is 20.8 Å². The predicted molar refractivity (Wildman–Crippen MR) is 83.7 cm³/mol. The summed E-state index contributed by atoms with van der Waals surface area (Å²) in [4.78, 5) is 35.0. The van der Waals surface area contributed by atoms with Crippen LogP contribution in [-0.4, -0.2) is 29.8 Å². The van der Waals surface area contributed by atoms with Gasteiger partial charge in [0.05, 0.1) is 6.07 Å². The van der Waals surface area contributed by atoms with Crippen LogP contribution in [0, 0.1) is 17.1 Å². The number of hydrogen-bond donors (Lipinski definition) is 3. The molecule has 2 atom stereocenters. The predicted octanol–water partition coefficient (Wildman–Crippen LogP) is 0.147. The fourth-order valence-electron chi connectivity index (χ4n) is 2.11. The van der Waals surface area contributed by atoms with Gasteiger partial charge >= 0.3 is 0 Å². The molecule has 0 fully saturated rings. The van der Waals surface area contributed by atoms with Gasteiger partial charge in [-0.1, -0.05) is 18.2 Å². The van der Waals surface area contributed by atoms with Gasteiger partial charge in [0.1, 0.15) is 17.9 Å². The fourth-order valence-corrected chi connectivity index (χ4v) is 2.11. The highest BCUT2D eigenvalue weighted by atomic mass is 19.1. The third-order valence-corrected chi connectivity index (χ3v) is 3.28. The van der Waals surface area contributed by atoms with E-state index in [1.807, 2.05) is 6.07 Å². The maximum atomic E-state index is 13.8. The molecule has 128 valence electrons. The highest BCUT2D eigenvalue weighted by molar-refractivity contribution is 5.91. The molecule has 0 saturated heterocycles. The van der Waals surface area contributed by atoms with E-state index in [9.17, 15) is 18.8 Å². The number of carbonyl (C=O) groups is 3. The van der Waals surface area contributed by atoms with Crippen molar-refractivity contribution in [1.82, 2.24) is 10.6 Å². The first kappa shape index (κ1) is 19.1. The van der Waals surface area contributed by atoms with Crippen molar-refractivity contribution in [2.24, 2.45) is 5.73 Å². The van der Waals surface area contributed by atoms with Gasteiger partial charge in [0.25, 0.3) is 0 Å². The van der Waals surface area contributed by atoms with Crippen molar-refractivity contribution < 1.29 is 18.8 Å². The zero-order valence-electron chi connectivity index (χ0n) is 13.2. The average Bonchev–Trinajstić information content (AvgIpc) is 2.51. The SMILES string of the molecule is CC(=O)N[C@@H](Cc1ccccc1F)C(=O)N[C@H](CCC#N)C(N)=O. The van der Waals surface area contributed by atoms with Crippen molar-refractivity contribution in [2.45, 2.75) is 38.3 Å². The molecule has 1 rings (SSSR count). The van der Waals surface area contributed by atoms with E-state index < -0.39 is 35.6 Å². The maximum Gasteiger partial charge on any atom is 0.243 e. The molecule has 0 aliphatic rings. The Morgan fingerprint density at radius 1 is 1.25 bits per heavy atom. The molecule has 1 aromatic carbocycles. The second-order valence-electron chi connectivity index (χ2n) is 5.21. The molecule has 3 amide bonds. The van der Waals surface area contributed by atoms with Crippen molar-refractivity contribution in [2.75, 3.05) is 0 Å². The van der Waals surface area contributed by atoms with Gasteiger partial charge in [-0.3, -0.25) is 14.4 Å². The summed E-state index contributed by atoms with van der Waals surface area (Å²) in [5.74, 6) is -2.43. The monoisotopic (exact) mass is 334 g/mol. The van der Waals surface area contributed by atoms with E-state index in [-0.39, 0.29) is 24.8 Å². The lowest BCUT2D eigenvalue weighted by atomic mass is 10.0. The quantitative estimate of drug-likeness (QED) is 0.625. The molecular formula is C16H19FN4O3. The molecule has 4 N–H and O–H groups in total. The lowest BCUT2D eigenvalue weighted by Crippen LogP contribution is -2.53. The number of primary amides is 1. The smallest absolute Gasteiger partial charge is 0.243 e. The van der Waals surface area contributed by atoms with Gasteiger partial charge in [-0.25, -0.2) is 4.39 Å². The van der Waals surface area contributed by atoms with Crippen LogP contribution in [0.5, 0.6) is 0 Å². The molecule has 0 aromatic heterocycles. The second-order valence-corrected chi connectivity index (χ2v) is 5.21. The molecule has 0 bridgehead atoms. The zero-order valence-corrected chi connectivity index (χ0v) is 13.2. The molecule has 0 radical (unpaired) electrons. The molecule has 0 heterocycles. The third-order valence-electron chi connectivity index (χ3n) is 3.28. The van der Waals surface area contributed by atoms with Crippen LogP contribution >= 0.6 is 0 Å². The van der Waals surface area contributed by atoms with E-state index in [4.69, 9.17) is 11.0 Å². The lowest BCUT2D eigenvalue weighted by Gasteiger charge is -2.21. The topological polar surface area (TPSA) is 125 Å². The number of nitrogens with two attached hydrogens (primary N) is 1. The van der Waals surface area contributed by atoms with E-state index in [0.717, 1.165) is 0 Å². The Hall–Kier alpha value is -2.95. The molecule has 0 unspecified atom stereocenters. The first-order valence-corrected chi connectivity index (χ1v) is 7.32. The number of nitrogens with zero attached hydrogens (tertiary/aromatic N) is 1. The van der Waals surface area contributed by atoms with Crippen LogP contribution in [0.15, 0.2) is 24.3 Å². The number of nitriles is 1. The molecule has 0 spiro atoms. The van der Waals surface area contributed by atoms with Crippen LogP contribution in [0.2, 0.25) is 0 Å². The number of hydrogen-bond acceptors (Lipinski definition) is 4. The summed E-state index contributed by atoms with van der Waals surface area (Å²) in [6, 6.07) is 5.63. The van der Waals surface area contributed by atoms with E-state index in [0.29, 0.717) is 0 Å². The molecule has 24 heavy (non-hydrogen) atoms. The number of rotatable bonds is 8. The number of nitrogens with one attached hydrogen (secondary N) is 2. The highest BCUT2D eigenvalue weighted by Crippen LogP contribution is 2.10. The molecule has 0 aliphatic heterocycles. The zero-order chi connectivity index (χ0) is 18.1. The van der Waals surface area contributed by atoms with Gasteiger partial charge < -0.3 is 16.4 Å². The minimum Gasteiger partial charge on any atom is -0.368 e. The molecule has 7 nitrogen and oxygen atoms in total. The van der Waals surface area contributed by atoms with Gasteiger partial charge in [0.2, 0.25) is 17.7 Å². The summed E-state index contributed by atoms with van der Waals surface area (Å²) in [6.07, 6.45) is 0.0118. The number of benzene rings is 1. The maximum absolute atomic E-state index is 13.8. The van der Waals surface area contributed by atoms with Crippen LogP contribution in [0.25, 0.3) is 0 Å². The highest BCUT2D eigenvalue weighted by Gasteiger charge is 2.25. The summed E-state index contributed by atoms with van der Waals surface area (Å²) in [7, 11) is 0. The number of amides is 3. The fraction of sp³-hybridized carbons (Fsp3) is 0.375. The molecule has 0 saturated carbocycles. The van der Waals surface area contributed by atoms with Crippen molar-refractivity contribution in [3.8, 4) is 6.07 Å². The van der Waals surface area contributed by atoms with Crippen LogP contribution < -0.4 is 16.4 Å². The summed E-state index contributed by atoms with van der Waals surface area (Å²) < 4.78 is 13.8. The minimum atomic E-state index is -1.07. The minimum absolute atomic E-state index is 0.0337. The number of carbonyl (C=O) groups excluding carboxylic acids is 3. The molecule has 1 aromatic rings. The Bertz CT molecular complexity index is 657. The van der Waals surface area contributed by atoms with Crippen molar-refractivity contribution >= 4 is 17.7 Å². The summed E-state index contributed by atoms with van der Waals surface area (Å²) in [5.41, 5.74) is 5.44. The third kappa shape index (κ3) is 6.04. The van der Waals surface area contributed by atoms with E-state index in [1.165, 1.54) is 25.1 Å².